The van der Waals surface area contributed by atoms with Gasteiger partial charge in [0.25, 0.3) is 5.91 Å². The summed E-state index contributed by atoms with van der Waals surface area (Å²) in [7, 11) is 3.87. The Kier molecular flexibility index (Phi) is 7.94. The van der Waals surface area contributed by atoms with Gasteiger partial charge in [0.2, 0.25) is 5.89 Å². The van der Waals surface area contributed by atoms with Crippen molar-refractivity contribution in [3.8, 4) is 11.5 Å². The lowest BCUT2D eigenvalue weighted by Crippen LogP contribution is -2.55. The number of carbonyl (C=O) groups excluding carboxylic acids is 2. The topological polar surface area (TPSA) is 113 Å². The number of nitrogens with zero attached hydrogens (tertiary/aromatic N) is 4. The molecule has 4 aromatic rings. The number of pyridine rings is 1. The third-order valence-corrected chi connectivity index (χ3v) is 6.73. The molecule has 3 heterocycles. The van der Waals surface area contributed by atoms with Gasteiger partial charge in [-0.2, -0.15) is 4.98 Å². The number of fused-ring (bicyclic) bond motifs is 1. The number of amides is 2. The van der Waals surface area contributed by atoms with Gasteiger partial charge in [0.1, 0.15) is 5.60 Å². The second-order valence-electron chi connectivity index (χ2n) is 11.4. The van der Waals surface area contributed by atoms with Gasteiger partial charge in [-0.15, -0.1) is 0 Å². The molecule has 2 amide bonds. The van der Waals surface area contributed by atoms with E-state index in [-0.39, 0.29) is 18.0 Å². The van der Waals surface area contributed by atoms with Gasteiger partial charge in [-0.05, 0) is 69.3 Å². The van der Waals surface area contributed by atoms with Gasteiger partial charge in [-0.1, -0.05) is 12.1 Å². The quantitative estimate of drug-likeness (QED) is 0.343. The van der Waals surface area contributed by atoms with Crippen LogP contribution in [-0.2, 0) is 11.2 Å². The predicted octanol–water partition coefficient (Wildman–Crippen LogP) is 4.96. The molecule has 2 aromatic carbocycles. The van der Waals surface area contributed by atoms with Crippen LogP contribution < -0.4 is 15.5 Å². The van der Waals surface area contributed by atoms with Gasteiger partial charge in [-0.25, -0.2) is 9.78 Å². The Morgan fingerprint density at radius 2 is 1.90 bits per heavy atom. The Morgan fingerprint density at radius 1 is 1.10 bits per heavy atom. The Bertz CT molecular complexity index is 1560. The van der Waals surface area contributed by atoms with Crippen LogP contribution in [0.1, 0.15) is 36.8 Å². The minimum atomic E-state index is -0.557. The predicted molar refractivity (Wildman–Crippen MR) is 159 cm³/mol. The van der Waals surface area contributed by atoms with E-state index >= 15 is 0 Å². The third kappa shape index (κ3) is 6.83. The lowest BCUT2D eigenvalue weighted by molar-refractivity contribution is 0.0121. The lowest BCUT2D eigenvalue weighted by atomic mass is 10.1. The molecule has 1 aliphatic heterocycles. The first-order chi connectivity index (χ1) is 19.6. The van der Waals surface area contributed by atoms with E-state index in [0.717, 1.165) is 23.5 Å². The highest BCUT2D eigenvalue weighted by Gasteiger charge is 2.31. The van der Waals surface area contributed by atoms with Crippen LogP contribution in [0.15, 0.2) is 65.1 Å². The van der Waals surface area contributed by atoms with Gasteiger partial charge >= 0.3 is 6.09 Å². The molecule has 10 nitrogen and oxygen atoms in total. The van der Waals surface area contributed by atoms with Crippen molar-refractivity contribution in [3.05, 3.63) is 71.9 Å². The van der Waals surface area contributed by atoms with E-state index < -0.39 is 5.60 Å². The van der Waals surface area contributed by atoms with Crippen molar-refractivity contribution < 1.29 is 18.7 Å². The minimum absolute atomic E-state index is 0.0892. The summed E-state index contributed by atoms with van der Waals surface area (Å²) in [6.07, 6.45) is 0.243. The first kappa shape index (κ1) is 28.1. The molecular formula is C31H36N6O4. The number of ether oxygens (including phenoxy) is 1. The molecule has 10 heteroatoms. The summed E-state index contributed by atoms with van der Waals surface area (Å²) in [5.41, 5.74) is 4.16. The number of aromatic nitrogens is 2. The SMILES string of the molecule is CN(C)c1cccc(C(=O)Nc2cccc(-c3nc4nc(CC5CNCCN5C(=O)OC(C)(C)C)ccc4o3)c2)c1. The van der Waals surface area contributed by atoms with Crippen LogP contribution in [0.2, 0.25) is 0 Å². The molecule has 0 bridgehead atoms. The summed E-state index contributed by atoms with van der Waals surface area (Å²) in [5, 5.41) is 6.32. The third-order valence-electron chi connectivity index (χ3n) is 6.73. The molecule has 1 fully saturated rings. The monoisotopic (exact) mass is 556 g/mol. The fourth-order valence-electron chi connectivity index (χ4n) is 4.70. The molecule has 2 N–H and O–H groups in total. The van der Waals surface area contributed by atoms with Crippen LogP contribution in [0.3, 0.4) is 0 Å². The zero-order chi connectivity index (χ0) is 29.1. The van der Waals surface area contributed by atoms with Gasteiger partial charge in [0.15, 0.2) is 11.2 Å². The van der Waals surface area contributed by atoms with Crippen LogP contribution in [0.5, 0.6) is 0 Å². The Labute approximate surface area is 239 Å². The summed E-state index contributed by atoms with van der Waals surface area (Å²) in [4.78, 5) is 38.8. The second-order valence-corrected chi connectivity index (χ2v) is 11.4. The van der Waals surface area contributed by atoms with Crippen LogP contribution in [0.25, 0.3) is 22.7 Å². The molecule has 0 saturated carbocycles. The van der Waals surface area contributed by atoms with Crippen LogP contribution >= 0.6 is 0 Å². The highest BCUT2D eigenvalue weighted by molar-refractivity contribution is 6.05. The Balaban J connectivity index is 1.31. The van der Waals surface area contributed by atoms with Crippen molar-refractivity contribution in [2.45, 2.75) is 38.8 Å². The van der Waals surface area contributed by atoms with Crippen molar-refractivity contribution in [1.82, 2.24) is 20.2 Å². The molecule has 1 saturated heterocycles. The van der Waals surface area contributed by atoms with Gasteiger partial charge in [-0.3, -0.25) is 4.79 Å². The summed E-state index contributed by atoms with van der Waals surface area (Å²) in [5.74, 6) is 0.206. The molecule has 0 spiro atoms. The molecule has 0 aliphatic carbocycles. The molecule has 2 aromatic heterocycles. The smallest absolute Gasteiger partial charge is 0.410 e. The van der Waals surface area contributed by atoms with E-state index in [1.54, 1.807) is 11.0 Å². The maximum atomic E-state index is 12.9. The first-order valence-electron chi connectivity index (χ1n) is 13.7. The number of hydrogen-bond donors (Lipinski definition) is 2. The Morgan fingerprint density at radius 3 is 2.68 bits per heavy atom. The Hall–Kier alpha value is -4.44. The van der Waals surface area contributed by atoms with Crippen LogP contribution in [0, 0.1) is 0 Å². The second kappa shape index (κ2) is 11.6. The van der Waals surface area contributed by atoms with E-state index in [4.69, 9.17) is 14.1 Å². The number of nitrogens with one attached hydrogen (secondary N) is 2. The summed E-state index contributed by atoms with van der Waals surface area (Å²) in [6.45, 7) is 7.55. The van der Waals surface area contributed by atoms with Crippen molar-refractivity contribution in [3.63, 3.8) is 0 Å². The fourth-order valence-corrected chi connectivity index (χ4v) is 4.70. The molecule has 1 aliphatic rings. The molecule has 1 atom stereocenters. The van der Waals surface area contributed by atoms with Crippen LogP contribution in [0.4, 0.5) is 16.2 Å². The average Bonchev–Trinajstić information content (AvgIpc) is 3.36. The number of rotatable bonds is 6. The van der Waals surface area contributed by atoms with E-state index in [9.17, 15) is 9.59 Å². The highest BCUT2D eigenvalue weighted by atomic mass is 16.6. The van der Waals surface area contributed by atoms with Crippen LogP contribution in [-0.4, -0.2) is 72.2 Å². The molecule has 214 valence electrons. The minimum Gasteiger partial charge on any atom is -0.444 e. The molecule has 0 radical (unpaired) electrons. The number of hydrogen-bond acceptors (Lipinski definition) is 8. The number of piperazine rings is 1. The average molecular weight is 557 g/mol. The van der Waals surface area contributed by atoms with E-state index in [1.807, 2.05) is 94.4 Å². The summed E-state index contributed by atoms with van der Waals surface area (Å²) in [6, 6.07) is 18.5. The van der Waals surface area contributed by atoms with Gasteiger partial charge in [0.05, 0.1) is 6.04 Å². The highest BCUT2D eigenvalue weighted by Crippen LogP contribution is 2.27. The van der Waals surface area contributed by atoms with E-state index in [2.05, 4.69) is 15.6 Å². The summed E-state index contributed by atoms with van der Waals surface area (Å²) < 4.78 is 11.6. The fraction of sp³-hybridized carbons (Fsp3) is 0.355. The molecular weight excluding hydrogens is 520 g/mol. The lowest BCUT2D eigenvalue weighted by Gasteiger charge is -2.37. The van der Waals surface area contributed by atoms with Crippen molar-refractivity contribution in [2.24, 2.45) is 0 Å². The standard InChI is InChI=1S/C31H36N6O4/c1-31(2,3)41-30(39)37-15-14-32-19-25(37)18-23-12-13-26-27(33-23)35-29(40-26)21-9-6-10-22(16-21)34-28(38)20-8-7-11-24(17-20)36(4)5/h6-13,16-17,25,32H,14-15,18-19H2,1-5H3,(H,34,38). The van der Waals surface area contributed by atoms with Crippen molar-refractivity contribution in [2.75, 3.05) is 43.9 Å². The van der Waals surface area contributed by atoms with E-state index in [1.165, 1.54) is 0 Å². The molecule has 41 heavy (non-hydrogen) atoms. The largest absolute Gasteiger partial charge is 0.444 e. The normalized spacial score (nSPS) is 15.5. The van der Waals surface area contributed by atoms with Gasteiger partial charge < -0.3 is 29.6 Å². The first-order valence-corrected chi connectivity index (χ1v) is 13.7. The zero-order valence-electron chi connectivity index (χ0n) is 24.1. The summed E-state index contributed by atoms with van der Waals surface area (Å²) >= 11 is 0. The van der Waals surface area contributed by atoms with E-state index in [0.29, 0.717) is 47.9 Å². The molecule has 5 rings (SSSR count). The number of anilines is 2. The van der Waals surface area contributed by atoms with Crippen molar-refractivity contribution >= 4 is 34.6 Å². The maximum absolute atomic E-state index is 12.9. The van der Waals surface area contributed by atoms with Gasteiger partial charge in [0, 0.05) is 68.3 Å². The maximum Gasteiger partial charge on any atom is 0.410 e. The number of carbonyl (C=O) groups is 2. The molecule has 1 unspecified atom stereocenters. The zero-order valence-corrected chi connectivity index (χ0v) is 24.1. The van der Waals surface area contributed by atoms with Crippen molar-refractivity contribution in [1.29, 1.82) is 0 Å². The number of benzene rings is 2. The number of oxazole rings is 1.